The Morgan fingerprint density at radius 2 is 1.34 bits per heavy atom. The minimum atomic E-state index is -5.16. The summed E-state index contributed by atoms with van der Waals surface area (Å²) in [6.45, 7) is 0. The zero-order valence-electron chi connectivity index (χ0n) is 14.3. The van der Waals surface area contributed by atoms with Gasteiger partial charge in [0, 0.05) is 11.1 Å². The highest BCUT2D eigenvalue weighted by Crippen LogP contribution is 2.54. The van der Waals surface area contributed by atoms with E-state index < -0.39 is 31.9 Å². The van der Waals surface area contributed by atoms with Crippen LogP contribution in [-0.2, 0) is 14.9 Å². The highest BCUT2D eigenvalue weighted by molar-refractivity contribution is 7.87. The molecule has 3 N–H and O–H groups in total. The first-order valence-electron chi connectivity index (χ1n) is 7.91. The Hall–Kier alpha value is -1.67. The fourth-order valence-corrected chi connectivity index (χ4v) is 5.77. The number of phenolic OH excluding ortho intramolecular Hbond substituents is 2. The molecule has 0 heterocycles. The Morgan fingerprint density at radius 1 is 0.793 bits per heavy atom. The molecule has 0 aromatic heterocycles. The molecule has 0 saturated carbocycles. The molecule has 0 spiro atoms. The minimum Gasteiger partial charge on any atom is -0.504 e. The number of benzene rings is 3. The van der Waals surface area contributed by atoms with E-state index in [4.69, 9.17) is 46.4 Å². The third-order valence-corrected chi connectivity index (χ3v) is 7.43. The van der Waals surface area contributed by atoms with Crippen molar-refractivity contribution in [1.29, 1.82) is 0 Å². The van der Waals surface area contributed by atoms with E-state index in [-0.39, 0.29) is 31.2 Å². The summed E-state index contributed by atoms with van der Waals surface area (Å²) in [5, 5.41) is 19.7. The Kier molecular flexibility index (Phi) is 5.98. The molecule has 0 aliphatic rings. The summed E-state index contributed by atoms with van der Waals surface area (Å²) in [4.78, 5) is 0. The molecule has 3 aromatic rings. The third kappa shape index (κ3) is 3.44. The standard InChI is InChI=1S/C19H12Cl4O5S/c20-12-9-13(21)17(23)15(16(12)22)19(29(26,27)28,10-5-2-1-3-6-10)11-7-4-8-14(24)18(11)25/h1-9,24-25H,(H,26,27,28). The second kappa shape index (κ2) is 7.87. The summed E-state index contributed by atoms with van der Waals surface area (Å²) >= 11 is 25.0. The highest BCUT2D eigenvalue weighted by Gasteiger charge is 2.53. The molecular formula is C19H12Cl4O5S. The van der Waals surface area contributed by atoms with Gasteiger partial charge in [-0.1, -0.05) is 88.9 Å². The van der Waals surface area contributed by atoms with E-state index in [2.05, 4.69) is 0 Å². The molecule has 0 amide bonds. The van der Waals surface area contributed by atoms with Crippen molar-refractivity contribution in [3.63, 3.8) is 0 Å². The number of rotatable bonds is 4. The van der Waals surface area contributed by atoms with E-state index in [9.17, 15) is 23.2 Å². The van der Waals surface area contributed by atoms with Gasteiger partial charge in [0.15, 0.2) is 16.2 Å². The summed E-state index contributed by atoms with van der Waals surface area (Å²) in [6.07, 6.45) is 0. The van der Waals surface area contributed by atoms with Gasteiger partial charge in [-0.05, 0) is 17.7 Å². The van der Waals surface area contributed by atoms with E-state index in [1.165, 1.54) is 42.5 Å². The fraction of sp³-hybridized carbons (Fsp3) is 0.0526. The van der Waals surface area contributed by atoms with Crippen LogP contribution >= 0.6 is 46.4 Å². The summed E-state index contributed by atoms with van der Waals surface area (Å²) in [5.74, 6) is -1.41. The van der Waals surface area contributed by atoms with Crippen LogP contribution in [0.5, 0.6) is 11.5 Å². The molecule has 0 aliphatic carbocycles. The van der Waals surface area contributed by atoms with Gasteiger partial charge in [-0.25, -0.2) is 0 Å². The van der Waals surface area contributed by atoms with Crippen molar-refractivity contribution in [1.82, 2.24) is 0 Å². The number of phenols is 2. The first-order chi connectivity index (χ1) is 13.5. The van der Waals surface area contributed by atoms with Gasteiger partial charge in [-0.15, -0.1) is 0 Å². The van der Waals surface area contributed by atoms with Gasteiger partial charge < -0.3 is 10.2 Å². The van der Waals surface area contributed by atoms with Crippen LogP contribution in [0, 0.1) is 0 Å². The molecule has 0 bridgehead atoms. The summed E-state index contributed by atoms with van der Waals surface area (Å²) in [5.41, 5.74) is -0.785. The van der Waals surface area contributed by atoms with E-state index in [0.29, 0.717) is 0 Å². The summed E-state index contributed by atoms with van der Waals surface area (Å²) < 4.78 is 34.0. The van der Waals surface area contributed by atoms with Gasteiger partial charge in [0.05, 0.1) is 20.1 Å². The van der Waals surface area contributed by atoms with Crippen molar-refractivity contribution >= 4 is 56.5 Å². The lowest BCUT2D eigenvalue weighted by Crippen LogP contribution is -2.39. The van der Waals surface area contributed by atoms with Crippen LogP contribution in [0.1, 0.15) is 16.7 Å². The molecular weight excluding hydrogens is 482 g/mol. The summed E-state index contributed by atoms with van der Waals surface area (Å²) in [7, 11) is -5.16. The normalized spacial score (nSPS) is 13.8. The van der Waals surface area contributed by atoms with Gasteiger partial charge in [-0.3, -0.25) is 4.55 Å². The van der Waals surface area contributed by atoms with Crippen molar-refractivity contribution in [2.45, 2.75) is 4.75 Å². The number of hydrogen-bond donors (Lipinski definition) is 3. The molecule has 10 heteroatoms. The van der Waals surface area contributed by atoms with Crippen LogP contribution < -0.4 is 0 Å². The molecule has 0 radical (unpaired) electrons. The van der Waals surface area contributed by atoms with Gasteiger partial charge in [0.1, 0.15) is 0 Å². The van der Waals surface area contributed by atoms with E-state index in [1.54, 1.807) is 6.07 Å². The van der Waals surface area contributed by atoms with Gasteiger partial charge in [0.2, 0.25) is 0 Å². The fourth-order valence-electron chi connectivity index (χ4n) is 3.22. The maximum atomic E-state index is 13.0. The van der Waals surface area contributed by atoms with E-state index >= 15 is 0 Å². The average molecular weight is 494 g/mol. The van der Waals surface area contributed by atoms with Crippen LogP contribution in [-0.4, -0.2) is 23.2 Å². The first-order valence-corrected chi connectivity index (χ1v) is 10.9. The minimum absolute atomic E-state index is 0.0227. The lowest BCUT2D eigenvalue weighted by atomic mass is 9.83. The van der Waals surface area contributed by atoms with E-state index in [1.807, 2.05) is 0 Å². The molecule has 1 atom stereocenters. The van der Waals surface area contributed by atoms with Crippen LogP contribution in [0.15, 0.2) is 54.6 Å². The van der Waals surface area contributed by atoms with Gasteiger partial charge in [-0.2, -0.15) is 8.42 Å². The number of aromatic hydroxyl groups is 2. The smallest absolute Gasteiger partial charge is 0.283 e. The van der Waals surface area contributed by atoms with Crippen molar-refractivity contribution in [3.8, 4) is 11.5 Å². The Morgan fingerprint density at radius 3 is 1.86 bits per heavy atom. The van der Waals surface area contributed by atoms with Crippen LogP contribution in [0.25, 0.3) is 0 Å². The van der Waals surface area contributed by atoms with Gasteiger partial charge >= 0.3 is 0 Å². The van der Waals surface area contributed by atoms with Crippen molar-refractivity contribution in [2.24, 2.45) is 0 Å². The first kappa shape index (κ1) is 22.0. The molecule has 0 saturated heterocycles. The second-order valence-electron chi connectivity index (χ2n) is 6.04. The van der Waals surface area contributed by atoms with Crippen LogP contribution in [0.2, 0.25) is 20.1 Å². The largest absolute Gasteiger partial charge is 0.504 e. The van der Waals surface area contributed by atoms with Crippen molar-refractivity contribution in [2.75, 3.05) is 0 Å². The molecule has 3 aromatic carbocycles. The molecule has 3 rings (SSSR count). The third-order valence-electron chi connectivity index (χ3n) is 4.43. The topological polar surface area (TPSA) is 94.8 Å². The SMILES string of the molecule is O=S(=O)(O)C(c1ccccc1)(c1cccc(O)c1O)c1c(Cl)c(Cl)cc(Cl)c1Cl. The highest BCUT2D eigenvalue weighted by atomic mass is 35.5. The van der Waals surface area contributed by atoms with Crippen LogP contribution in [0.3, 0.4) is 0 Å². The van der Waals surface area contributed by atoms with Crippen LogP contribution in [0.4, 0.5) is 0 Å². The molecule has 0 fully saturated rings. The Bertz CT molecular complexity index is 1170. The Balaban J connectivity index is 2.70. The zero-order chi connectivity index (χ0) is 21.6. The number of halogens is 4. The predicted molar refractivity (Wildman–Crippen MR) is 114 cm³/mol. The monoisotopic (exact) mass is 492 g/mol. The second-order valence-corrected chi connectivity index (χ2v) is 9.17. The molecule has 5 nitrogen and oxygen atoms in total. The lowest BCUT2D eigenvalue weighted by molar-refractivity contribution is 0.393. The maximum Gasteiger partial charge on any atom is 0.283 e. The van der Waals surface area contributed by atoms with Crippen molar-refractivity contribution < 1.29 is 23.2 Å². The van der Waals surface area contributed by atoms with E-state index in [0.717, 1.165) is 6.07 Å². The molecule has 29 heavy (non-hydrogen) atoms. The summed E-state index contributed by atoms with van der Waals surface area (Å²) in [6, 6.07) is 12.3. The molecule has 152 valence electrons. The Labute approximate surface area is 186 Å². The zero-order valence-corrected chi connectivity index (χ0v) is 18.1. The number of para-hydroxylation sites is 1. The lowest BCUT2D eigenvalue weighted by Gasteiger charge is -2.34. The quantitative estimate of drug-likeness (QED) is 0.182. The van der Waals surface area contributed by atoms with Gasteiger partial charge in [0.25, 0.3) is 10.1 Å². The molecule has 0 aliphatic heterocycles. The average Bonchev–Trinajstić information content (AvgIpc) is 2.66. The predicted octanol–water partition coefficient (Wildman–Crippen LogP) is 5.89. The maximum absolute atomic E-state index is 13.0. The van der Waals surface area contributed by atoms with Crippen molar-refractivity contribution in [3.05, 3.63) is 91.4 Å². The number of hydrogen-bond acceptors (Lipinski definition) is 4. The molecule has 1 unspecified atom stereocenters.